The fraction of sp³-hybridized carbons (Fsp3) is 0.533. The third-order valence-electron chi connectivity index (χ3n) is 2.75. The van der Waals surface area contributed by atoms with Gasteiger partial charge in [0, 0.05) is 12.6 Å². The lowest BCUT2D eigenvalue weighted by Gasteiger charge is -2.14. The van der Waals surface area contributed by atoms with E-state index in [1.54, 1.807) is 12.1 Å². The van der Waals surface area contributed by atoms with Gasteiger partial charge in [-0.05, 0) is 39.8 Å². The van der Waals surface area contributed by atoms with Crippen molar-refractivity contribution in [3.63, 3.8) is 0 Å². The molecule has 1 fully saturated rings. The fourth-order valence-electron chi connectivity index (χ4n) is 1.74. The predicted molar refractivity (Wildman–Crippen MR) is 81.9 cm³/mol. The van der Waals surface area contributed by atoms with Crippen molar-refractivity contribution in [2.45, 2.75) is 38.9 Å². The first-order chi connectivity index (χ1) is 10.3. The number of hydrogen-bond acceptors (Lipinski definition) is 6. The SMILES string of the molecule is CC(C)(C)OC=O.O=[N+]([O-])c1cccc(O[C@H]2CCNC2)c1. The van der Waals surface area contributed by atoms with E-state index in [0.29, 0.717) is 12.2 Å². The molecule has 1 N–H and O–H groups in total. The lowest BCUT2D eigenvalue weighted by molar-refractivity contribution is -0.384. The van der Waals surface area contributed by atoms with Crippen LogP contribution in [-0.4, -0.2) is 36.2 Å². The molecule has 122 valence electrons. The zero-order chi connectivity index (χ0) is 16.6. The average molecular weight is 310 g/mol. The van der Waals surface area contributed by atoms with Crippen LogP contribution in [0.15, 0.2) is 24.3 Å². The highest BCUT2D eigenvalue weighted by atomic mass is 16.6. The highest BCUT2D eigenvalue weighted by molar-refractivity contribution is 5.38. The number of carbonyl (C=O) groups is 1. The zero-order valence-electron chi connectivity index (χ0n) is 13.1. The maximum Gasteiger partial charge on any atom is 0.293 e. The smallest absolute Gasteiger partial charge is 0.293 e. The maximum absolute atomic E-state index is 10.5. The Morgan fingerprint density at radius 1 is 1.41 bits per heavy atom. The van der Waals surface area contributed by atoms with Gasteiger partial charge < -0.3 is 14.8 Å². The number of nitro groups is 1. The van der Waals surface area contributed by atoms with Crippen molar-refractivity contribution < 1.29 is 19.2 Å². The third kappa shape index (κ3) is 7.03. The number of benzene rings is 1. The molecule has 0 spiro atoms. The van der Waals surface area contributed by atoms with Crippen LogP contribution in [0.4, 0.5) is 5.69 Å². The first kappa shape index (κ1) is 17.9. The molecule has 0 bridgehead atoms. The minimum absolute atomic E-state index is 0.0680. The van der Waals surface area contributed by atoms with E-state index in [9.17, 15) is 14.9 Å². The Balaban J connectivity index is 0.000000295. The largest absolute Gasteiger partial charge is 0.489 e. The van der Waals surface area contributed by atoms with Crippen molar-refractivity contribution >= 4 is 12.2 Å². The molecular weight excluding hydrogens is 288 g/mol. The standard InChI is InChI=1S/C10H12N2O3.C5H10O2/c13-12(14)8-2-1-3-9(6-8)15-10-4-5-11-7-10;1-5(2,3)7-4-6/h1-3,6,10-11H,4-5,7H2;4H,1-3H3/t10-;/m0./s1. The number of carbonyl (C=O) groups excluding carboxylic acids is 1. The second-order valence-electron chi connectivity index (χ2n) is 5.81. The maximum atomic E-state index is 10.5. The van der Waals surface area contributed by atoms with Gasteiger partial charge >= 0.3 is 0 Å². The summed E-state index contributed by atoms with van der Waals surface area (Å²) >= 11 is 0. The summed E-state index contributed by atoms with van der Waals surface area (Å²) in [6, 6.07) is 6.29. The second-order valence-corrected chi connectivity index (χ2v) is 5.81. The molecule has 1 aromatic carbocycles. The molecular formula is C15H22N2O5. The van der Waals surface area contributed by atoms with Gasteiger partial charge in [-0.25, -0.2) is 0 Å². The zero-order valence-corrected chi connectivity index (χ0v) is 13.1. The summed E-state index contributed by atoms with van der Waals surface area (Å²) in [4.78, 5) is 19.7. The van der Waals surface area contributed by atoms with Crippen LogP contribution in [0.2, 0.25) is 0 Å². The van der Waals surface area contributed by atoms with Crippen LogP contribution in [0.5, 0.6) is 5.75 Å². The van der Waals surface area contributed by atoms with Gasteiger partial charge in [0.15, 0.2) is 0 Å². The molecule has 1 aliphatic heterocycles. The minimum Gasteiger partial charge on any atom is -0.489 e. The lowest BCUT2D eigenvalue weighted by atomic mass is 10.2. The molecule has 0 saturated carbocycles. The molecule has 22 heavy (non-hydrogen) atoms. The van der Waals surface area contributed by atoms with E-state index in [-0.39, 0.29) is 17.4 Å². The normalized spacial score (nSPS) is 17.1. The number of nitrogens with one attached hydrogen (secondary N) is 1. The topological polar surface area (TPSA) is 90.7 Å². The van der Waals surface area contributed by atoms with Crippen molar-refractivity contribution in [2.24, 2.45) is 0 Å². The summed E-state index contributed by atoms with van der Waals surface area (Å²) in [5, 5.41) is 13.7. The van der Waals surface area contributed by atoms with E-state index in [0.717, 1.165) is 19.5 Å². The molecule has 7 heteroatoms. The highest BCUT2D eigenvalue weighted by Crippen LogP contribution is 2.21. The van der Waals surface area contributed by atoms with E-state index >= 15 is 0 Å². The van der Waals surface area contributed by atoms with Gasteiger partial charge in [-0.1, -0.05) is 6.07 Å². The molecule has 1 heterocycles. The Hall–Kier alpha value is -2.15. The van der Waals surface area contributed by atoms with Crippen LogP contribution >= 0.6 is 0 Å². The van der Waals surface area contributed by atoms with Crippen LogP contribution < -0.4 is 10.1 Å². The summed E-state index contributed by atoms with van der Waals surface area (Å²) in [6.45, 7) is 7.67. The van der Waals surface area contributed by atoms with Crippen LogP contribution in [0.25, 0.3) is 0 Å². The number of non-ortho nitro benzene ring substituents is 1. The molecule has 0 amide bonds. The van der Waals surface area contributed by atoms with Gasteiger partial charge in [-0.2, -0.15) is 0 Å². The number of rotatable bonds is 4. The quantitative estimate of drug-likeness (QED) is 0.521. The first-order valence-electron chi connectivity index (χ1n) is 7.05. The van der Waals surface area contributed by atoms with Crippen LogP contribution in [0.3, 0.4) is 0 Å². The van der Waals surface area contributed by atoms with Crippen LogP contribution in [0, 0.1) is 10.1 Å². The second kappa shape index (κ2) is 8.33. The van der Waals surface area contributed by atoms with Gasteiger partial charge in [-0.3, -0.25) is 14.9 Å². The monoisotopic (exact) mass is 310 g/mol. The summed E-state index contributed by atoms with van der Waals surface area (Å²) in [6.07, 6.45) is 1.08. The summed E-state index contributed by atoms with van der Waals surface area (Å²) < 4.78 is 10.1. The molecule has 1 aromatic rings. The fourth-order valence-corrected chi connectivity index (χ4v) is 1.74. The van der Waals surface area contributed by atoms with E-state index in [4.69, 9.17) is 4.74 Å². The number of ether oxygens (including phenoxy) is 2. The van der Waals surface area contributed by atoms with Gasteiger partial charge in [0.05, 0.1) is 11.0 Å². The van der Waals surface area contributed by atoms with Gasteiger partial charge in [0.2, 0.25) is 0 Å². The summed E-state index contributed by atoms with van der Waals surface area (Å²) in [7, 11) is 0. The van der Waals surface area contributed by atoms with E-state index in [1.807, 2.05) is 20.8 Å². The lowest BCUT2D eigenvalue weighted by Crippen LogP contribution is -2.19. The molecule has 2 rings (SSSR count). The van der Waals surface area contributed by atoms with Crippen molar-refractivity contribution in [2.75, 3.05) is 13.1 Å². The molecule has 1 atom stereocenters. The highest BCUT2D eigenvalue weighted by Gasteiger charge is 2.16. The first-order valence-corrected chi connectivity index (χ1v) is 7.05. The van der Waals surface area contributed by atoms with Crippen molar-refractivity contribution in [1.82, 2.24) is 5.32 Å². The molecule has 0 aromatic heterocycles. The Kier molecular flexibility index (Phi) is 6.78. The minimum atomic E-state index is -0.417. The molecule has 7 nitrogen and oxygen atoms in total. The van der Waals surface area contributed by atoms with Crippen molar-refractivity contribution in [1.29, 1.82) is 0 Å². The number of nitro benzene ring substituents is 1. The van der Waals surface area contributed by atoms with Gasteiger partial charge in [-0.15, -0.1) is 0 Å². The molecule has 0 unspecified atom stereocenters. The van der Waals surface area contributed by atoms with E-state index in [1.165, 1.54) is 12.1 Å². The number of nitrogens with zero attached hydrogens (tertiary/aromatic N) is 1. The third-order valence-corrected chi connectivity index (χ3v) is 2.75. The summed E-state index contributed by atoms with van der Waals surface area (Å²) in [5.41, 5.74) is -0.250. The van der Waals surface area contributed by atoms with Crippen molar-refractivity contribution in [3.05, 3.63) is 34.4 Å². The van der Waals surface area contributed by atoms with Crippen LogP contribution in [-0.2, 0) is 9.53 Å². The predicted octanol–water partition coefficient (Wildman–Crippen LogP) is 2.29. The van der Waals surface area contributed by atoms with Gasteiger partial charge in [0.25, 0.3) is 12.2 Å². The van der Waals surface area contributed by atoms with E-state index in [2.05, 4.69) is 10.1 Å². The Bertz CT molecular complexity index is 493. The average Bonchev–Trinajstić information content (AvgIpc) is 2.91. The Labute approximate surface area is 129 Å². The number of hydrogen-bond donors (Lipinski definition) is 1. The van der Waals surface area contributed by atoms with Gasteiger partial charge in [0.1, 0.15) is 17.5 Å². The van der Waals surface area contributed by atoms with Crippen LogP contribution in [0.1, 0.15) is 27.2 Å². The van der Waals surface area contributed by atoms with E-state index < -0.39 is 4.92 Å². The Morgan fingerprint density at radius 2 is 2.14 bits per heavy atom. The Morgan fingerprint density at radius 3 is 2.59 bits per heavy atom. The van der Waals surface area contributed by atoms with Crippen molar-refractivity contribution in [3.8, 4) is 5.75 Å². The molecule has 1 aliphatic rings. The molecule has 0 aliphatic carbocycles. The molecule has 1 saturated heterocycles. The molecule has 0 radical (unpaired) electrons. The summed E-state index contributed by atoms with van der Waals surface area (Å²) in [5.74, 6) is 0.568.